The maximum atomic E-state index is 11.9. The lowest BCUT2D eigenvalue weighted by Crippen LogP contribution is -2.22. The summed E-state index contributed by atoms with van der Waals surface area (Å²) >= 11 is 0. The van der Waals surface area contributed by atoms with Gasteiger partial charge in [0.25, 0.3) is 5.91 Å². The van der Waals surface area contributed by atoms with E-state index in [1.165, 1.54) is 0 Å². The third kappa shape index (κ3) is 3.11. The molecular formula is C17H17NO3. The summed E-state index contributed by atoms with van der Waals surface area (Å²) in [5.74, 6) is -1.13. The Morgan fingerprint density at radius 2 is 1.86 bits per heavy atom. The van der Waals surface area contributed by atoms with Crippen molar-refractivity contribution in [2.24, 2.45) is 0 Å². The number of hydrogen-bond donors (Lipinski definition) is 2. The van der Waals surface area contributed by atoms with E-state index in [-0.39, 0.29) is 11.5 Å². The van der Waals surface area contributed by atoms with Gasteiger partial charge in [-0.1, -0.05) is 30.3 Å². The number of aryl methyl sites for hydroxylation is 1. The Balaban J connectivity index is 2.53. The van der Waals surface area contributed by atoms with Crippen molar-refractivity contribution < 1.29 is 14.7 Å². The molecular weight excluding hydrogens is 266 g/mol. The molecule has 2 aromatic rings. The van der Waals surface area contributed by atoms with E-state index in [4.69, 9.17) is 0 Å². The molecule has 0 radical (unpaired) electrons. The Morgan fingerprint density at radius 1 is 1.14 bits per heavy atom. The van der Waals surface area contributed by atoms with Gasteiger partial charge in [0.05, 0.1) is 5.56 Å². The van der Waals surface area contributed by atoms with Gasteiger partial charge in [0.1, 0.15) is 0 Å². The Hall–Kier alpha value is -2.62. The van der Waals surface area contributed by atoms with Crippen LogP contribution in [0.2, 0.25) is 0 Å². The van der Waals surface area contributed by atoms with E-state index in [2.05, 4.69) is 5.32 Å². The second-order valence-corrected chi connectivity index (χ2v) is 4.74. The van der Waals surface area contributed by atoms with Crippen LogP contribution < -0.4 is 5.32 Å². The molecule has 0 spiro atoms. The maximum absolute atomic E-state index is 11.9. The van der Waals surface area contributed by atoms with E-state index in [1.807, 2.05) is 19.1 Å². The lowest BCUT2D eigenvalue weighted by atomic mass is 9.95. The standard InChI is InChI=1S/C17H17NO3/c1-3-18-16(19)13-8-5-7-12(10-13)14-9-4-6-11(2)15(14)17(20)21/h4-10H,3H2,1-2H3,(H,18,19)(H,20,21). The van der Waals surface area contributed by atoms with Crippen LogP contribution >= 0.6 is 0 Å². The van der Waals surface area contributed by atoms with Crippen LogP contribution in [0.1, 0.15) is 33.2 Å². The molecule has 0 fully saturated rings. The van der Waals surface area contributed by atoms with Crippen LogP contribution in [0, 0.1) is 6.92 Å². The van der Waals surface area contributed by atoms with Crippen LogP contribution in [0.3, 0.4) is 0 Å². The Bertz CT molecular complexity index is 692. The highest BCUT2D eigenvalue weighted by Gasteiger charge is 2.15. The van der Waals surface area contributed by atoms with Crippen LogP contribution in [-0.4, -0.2) is 23.5 Å². The zero-order valence-electron chi connectivity index (χ0n) is 12.0. The van der Waals surface area contributed by atoms with E-state index in [0.29, 0.717) is 23.2 Å². The van der Waals surface area contributed by atoms with Gasteiger partial charge in [-0.2, -0.15) is 0 Å². The molecule has 2 rings (SSSR count). The molecule has 4 heteroatoms. The van der Waals surface area contributed by atoms with Gasteiger partial charge in [-0.3, -0.25) is 4.79 Å². The molecule has 2 aromatic carbocycles. The monoisotopic (exact) mass is 283 g/mol. The van der Waals surface area contributed by atoms with E-state index in [1.54, 1.807) is 37.3 Å². The van der Waals surface area contributed by atoms with Crippen molar-refractivity contribution in [1.29, 1.82) is 0 Å². The van der Waals surface area contributed by atoms with Gasteiger partial charge in [0.15, 0.2) is 0 Å². The fraction of sp³-hybridized carbons (Fsp3) is 0.176. The fourth-order valence-corrected chi connectivity index (χ4v) is 2.28. The molecule has 0 atom stereocenters. The number of carbonyl (C=O) groups excluding carboxylic acids is 1. The maximum Gasteiger partial charge on any atom is 0.336 e. The summed E-state index contributed by atoms with van der Waals surface area (Å²) in [5.41, 5.74) is 2.83. The Morgan fingerprint density at radius 3 is 2.52 bits per heavy atom. The molecule has 0 saturated carbocycles. The van der Waals surface area contributed by atoms with Crippen molar-refractivity contribution in [3.8, 4) is 11.1 Å². The zero-order valence-corrected chi connectivity index (χ0v) is 12.0. The molecule has 0 aliphatic heterocycles. The molecule has 0 bridgehead atoms. The average molecular weight is 283 g/mol. The molecule has 0 saturated heterocycles. The van der Waals surface area contributed by atoms with E-state index < -0.39 is 5.97 Å². The van der Waals surface area contributed by atoms with Crippen LogP contribution in [0.15, 0.2) is 42.5 Å². The number of rotatable bonds is 4. The minimum Gasteiger partial charge on any atom is -0.478 e. The predicted molar refractivity (Wildman–Crippen MR) is 81.6 cm³/mol. The van der Waals surface area contributed by atoms with Gasteiger partial charge in [-0.15, -0.1) is 0 Å². The van der Waals surface area contributed by atoms with Crippen LogP contribution in [0.5, 0.6) is 0 Å². The highest BCUT2D eigenvalue weighted by molar-refractivity contribution is 5.99. The first kappa shape index (κ1) is 14.8. The summed E-state index contributed by atoms with van der Waals surface area (Å²) in [4.78, 5) is 23.3. The van der Waals surface area contributed by atoms with Crippen molar-refractivity contribution in [2.75, 3.05) is 6.54 Å². The first-order valence-electron chi connectivity index (χ1n) is 6.76. The van der Waals surface area contributed by atoms with Crippen molar-refractivity contribution in [1.82, 2.24) is 5.32 Å². The number of carboxylic acids is 1. The van der Waals surface area contributed by atoms with E-state index >= 15 is 0 Å². The number of benzene rings is 2. The first-order valence-corrected chi connectivity index (χ1v) is 6.76. The molecule has 0 unspecified atom stereocenters. The van der Waals surface area contributed by atoms with Gasteiger partial charge in [-0.05, 0) is 42.7 Å². The smallest absolute Gasteiger partial charge is 0.336 e. The van der Waals surface area contributed by atoms with E-state index in [9.17, 15) is 14.7 Å². The summed E-state index contributed by atoms with van der Waals surface area (Å²) in [7, 11) is 0. The Kier molecular flexibility index (Phi) is 4.38. The number of aromatic carboxylic acids is 1. The van der Waals surface area contributed by atoms with Crippen molar-refractivity contribution >= 4 is 11.9 Å². The molecule has 21 heavy (non-hydrogen) atoms. The van der Waals surface area contributed by atoms with Crippen molar-refractivity contribution in [3.05, 3.63) is 59.2 Å². The van der Waals surface area contributed by atoms with Crippen LogP contribution in [0.25, 0.3) is 11.1 Å². The number of amides is 1. The van der Waals surface area contributed by atoms with Gasteiger partial charge in [0, 0.05) is 12.1 Å². The third-order valence-electron chi connectivity index (χ3n) is 3.26. The molecule has 4 nitrogen and oxygen atoms in total. The molecule has 0 aliphatic rings. The second kappa shape index (κ2) is 6.22. The van der Waals surface area contributed by atoms with Crippen molar-refractivity contribution in [2.45, 2.75) is 13.8 Å². The summed E-state index contributed by atoms with van der Waals surface area (Å²) in [6.07, 6.45) is 0. The first-order chi connectivity index (χ1) is 10.0. The molecule has 0 aliphatic carbocycles. The van der Waals surface area contributed by atoms with Gasteiger partial charge < -0.3 is 10.4 Å². The van der Waals surface area contributed by atoms with Gasteiger partial charge >= 0.3 is 5.97 Å². The van der Waals surface area contributed by atoms with Gasteiger partial charge in [-0.25, -0.2) is 4.79 Å². The summed E-state index contributed by atoms with van der Waals surface area (Å²) < 4.78 is 0. The average Bonchev–Trinajstić information content (AvgIpc) is 2.47. The molecule has 1 amide bonds. The SMILES string of the molecule is CCNC(=O)c1cccc(-c2cccc(C)c2C(=O)O)c1. The van der Waals surface area contributed by atoms with Gasteiger partial charge in [0.2, 0.25) is 0 Å². The second-order valence-electron chi connectivity index (χ2n) is 4.74. The van der Waals surface area contributed by atoms with Crippen LogP contribution in [-0.2, 0) is 0 Å². The lowest BCUT2D eigenvalue weighted by molar-refractivity contribution is 0.0696. The Labute approximate surface area is 123 Å². The molecule has 0 aromatic heterocycles. The third-order valence-corrected chi connectivity index (χ3v) is 3.26. The molecule has 108 valence electrons. The van der Waals surface area contributed by atoms with Crippen LogP contribution in [0.4, 0.5) is 0 Å². The largest absolute Gasteiger partial charge is 0.478 e. The number of nitrogens with one attached hydrogen (secondary N) is 1. The topological polar surface area (TPSA) is 66.4 Å². The number of hydrogen-bond acceptors (Lipinski definition) is 2. The predicted octanol–water partition coefficient (Wildman–Crippen LogP) is 3.11. The highest BCUT2D eigenvalue weighted by Crippen LogP contribution is 2.27. The summed E-state index contributed by atoms with van der Waals surface area (Å²) in [5, 5.41) is 12.1. The minimum atomic E-state index is -0.966. The quantitative estimate of drug-likeness (QED) is 0.906. The molecule has 2 N–H and O–H groups in total. The summed E-state index contributed by atoms with van der Waals surface area (Å²) in [6.45, 7) is 4.17. The van der Waals surface area contributed by atoms with Crippen molar-refractivity contribution in [3.63, 3.8) is 0 Å². The normalized spacial score (nSPS) is 10.2. The van der Waals surface area contributed by atoms with E-state index in [0.717, 1.165) is 5.56 Å². The fourth-order valence-electron chi connectivity index (χ4n) is 2.28. The lowest BCUT2D eigenvalue weighted by Gasteiger charge is -2.10. The summed E-state index contributed by atoms with van der Waals surface area (Å²) in [6, 6.07) is 12.3. The number of carbonyl (C=O) groups is 2. The highest BCUT2D eigenvalue weighted by atomic mass is 16.4. The zero-order chi connectivity index (χ0) is 15.4. The molecule has 0 heterocycles. The minimum absolute atomic E-state index is 0.163. The number of carboxylic acid groups (broad SMARTS) is 1.